The minimum Gasteiger partial charge on any atom is -0.377 e. The van der Waals surface area contributed by atoms with Crippen LogP contribution in [0.15, 0.2) is 30.3 Å². The zero-order valence-corrected chi connectivity index (χ0v) is 13.4. The summed E-state index contributed by atoms with van der Waals surface area (Å²) < 4.78 is 17.4. The smallest absolute Gasteiger partial charge is 0.0952 e. The first-order valence-corrected chi connectivity index (χ1v) is 8.43. The molecule has 0 N–H and O–H groups in total. The summed E-state index contributed by atoms with van der Waals surface area (Å²) >= 11 is 0. The van der Waals surface area contributed by atoms with Gasteiger partial charge in [0, 0.05) is 25.7 Å². The van der Waals surface area contributed by atoms with E-state index in [-0.39, 0.29) is 6.10 Å². The van der Waals surface area contributed by atoms with Crippen molar-refractivity contribution in [2.45, 2.75) is 38.0 Å². The van der Waals surface area contributed by atoms with E-state index >= 15 is 0 Å². The predicted octanol–water partition coefficient (Wildman–Crippen LogP) is 2.64. The highest BCUT2D eigenvalue weighted by molar-refractivity contribution is 5.18. The van der Waals surface area contributed by atoms with Gasteiger partial charge < -0.3 is 14.2 Å². The van der Waals surface area contributed by atoms with Crippen LogP contribution in [0.1, 0.15) is 31.4 Å². The van der Waals surface area contributed by atoms with Crippen LogP contribution in [-0.2, 0) is 14.2 Å². The highest BCUT2D eigenvalue weighted by atomic mass is 16.5. The van der Waals surface area contributed by atoms with Crippen molar-refractivity contribution in [3.63, 3.8) is 0 Å². The van der Waals surface area contributed by atoms with Gasteiger partial charge in [0.05, 0.1) is 32.0 Å². The summed E-state index contributed by atoms with van der Waals surface area (Å²) in [4.78, 5) is 2.47. The lowest BCUT2D eigenvalue weighted by Crippen LogP contribution is -2.46. The van der Waals surface area contributed by atoms with Gasteiger partial charge in [-0.3, -0.25) is 4.90 Å². The highest BCUT2D eigenvalue weighted by Crippen LogP contribution is 2.24. The zero-order chi connectivity index (χ0) is 15.2. The van der Waals surface area contributed by atoms with E-state index in [1.807, 2.05) is 6.07 Å². The lowest BCUT2D eigenvalue weighted by Gasteiger charge is -2.38. The molecular formula is C18H27NO3. The van der Waals surface area contributed by atoms with Gasteiger partial charge in [-0.1, -0.05) is 30.3 Å². The van der Waals surface area contributed by atoms with E-state index in [2.05, 4.69) is 36.1 Å². The number of rotatable bonds is 6. The first kappa shape index (κ1) is 15.9. The molecule has 22 heavy (non-hydrogen) atoms. The van der Waals surface area contributed by atoms with Crippen LogP contribution in [0, 0.1) is 0 Å². The molecule has 2 aliphatic heterocycles. The van der Waals surface area contributed by atoms with Crippen molar-refractivity contribution >= 4 is 0 Å². The molecule has 2 saturated heterocycles. The number of hydrogen-bond donors (Lipinski definition) is 0. The third kappa shape index (κ3) is 4.29. The molecule has 0 saturated carbocycles. The highest BCUT2D eigenvalue weighted by Gasteiger charge is 2.26. The van der Waals surface area contributed by atoms with Crippen molar-refractivity contribution < 1.29 is 14.2 Å². The number of ether oxygens (including phenoxy) is 3. The van der Waals surface area contributed by atoms with Crippen molar-refractivity contribution in [2.24, 2.45) is 0 Å². The second-order valence-electron chi connectivity index (χ2n) is 6.29. The second-order valence-corrected chi connectivity index (χ2v) is 6.29. The molecule has 0 radical (unpaired) electrons. The Kier molecular flexibility index (Phi) is 5.84. The minimum absolute atomic E-state index is 0.176. The fourth-order valence-electron chi connectivity index (χ4n) is 3.16. The Bertz CT molecular complexity index is 433. The van der Waals surface area contributed by atoms with E-state index in [1.165, 1.54) is 12.0 Å². The van der Waals surface area contributed by atoms with Gasteiger partial charge in [-0.2, -0.15) is 0 Å². The van der Waals surface area contributed by atoms with Crippen molar-refractivity contribution in [1.29, 1.82) is 0 Å². The van der Waals surface area contributed by atoms with Crippen LogP contribution >= 0.6 is 0 Å². The topological polar surface area (TPSA) is 30.9 Å². The van der Waals surface area contributed by atoms with Crippen LogP contribution in [0.2, 0.25) is 0 Å². The maximum absolute atomic E-state index is 5.99. The molecule has 1 aromatic carbocycles. The molecule has 0 aromatic heterocycles. The molecule has 0 unspecified atom stereocenters. The van der Waals surface area contributed by atoms with Crippen LogP contribution in [0.5, 0.6) is 0 Å². The molecule has 0 amide bonds. The van der Waals surface area contributed by atoms with Gasteiger partial charge in [0.15, 0.2) is 0 Å². The first-order valence-electron chi connectivity index (χ1n) is 8.43. The molecule has 4 nitrogen and oxygen atoms in total. The van der Waals surface area contributed by atoms with Crippen molar-refractivity contribution in [2.75, 3.05) is 39.5 Å². The van der Waals surface area contributed by atoms with Crippen LogP contribution in [0.25, 0.3) is 0 Å². The van der Waals surface area contributed by atoms with Crippen LogP contribution < -0.4 is 0 Å². The Labute approximate surface area is 133 Å². The third-order valence-corrected chi connectivity index (χ3v) is 4.58. The SMILES string of the molecule is C[C@@H]1CO[C@@H](c2ccccc2)CN1CCOC[C@@H]1CCCO1. The molecule has 3 rings (SSSR count). The van der Waals surface area contributed by atoms with E-state index in [0.717, 1.165) is 45.9 Å². The fourth-order valence-corrected chi connectivity index (χ4v) is 3.16. The van der Waals surface area contributed by atoms with Gasteiger partial charge in [-0.25, -0.2) is 0 Å². The lowest BCUT2D eigenvalue weighted by molar-refractivity contribution is -0.0702. The summed E-state index contributed by atoms with van der Waals surface area (Å²) in [6, 6.07) is 10.9. The average molecular weight is 305 g/mol. The zero-order valence-electron chi connectivity index (χ0n) is 13.4. The van der Waals surface area contributed by atoms with Crippen LogP contribution in [-0.4, -0.2) is 56.6 Å². The summed E-state index contributed by atoms with van der Waals surface area (Å²) in [5.41, 5.74) is 1.26. The Hall–Kier alpha value is -0.940. The molecule has 2 aliphatic rings. The standard InChI is InChI=1S/C18H27NO3/c1-15-13-22-18(16-6-3-2-4-7-16)12-19(15)9-11-20-14-17-8-5-10-21-17/h2-4,6-7,15,17-18H,5,8-14H2,1H3/t15-,17+,18-/m1/s1. The summed E-state index contributed by atoms with van der Waals surface area (Å²) in [6.07, 6.45) is 2.81. The van der Waals surface area contributed by atoms with E-state index in [4.69, 9.17) is 14.2 Å². The average Bonchev–Trinajstić information content (AvgIpc) is 3.07. The number of morpholine rings is 1. The summed E-state index contributed by atoms with van der Waals surface area (Å²) in [7, 11) is 0. The van der Waals surface area contributed by atoms with Gasteiger partial charge in [-0.05, 0) is 25.3 Å². The molecule has 0 bridgehead atoms. The quantitative estimate of drug-likeness (QED) is 0.756. The molecule has 4 heteroatoms. The van der Waals surface area contributed by atoms with Crippen molar-refractivity contribution in [1.82, 2.24) is 4.90 Å². The van der Waals surface area contributed by atoms with Crippen LogP contribution in [0.4, 0.5) is 0 Å². The van der Waals surface area contributed by atoms with Crippen LogP contribution in [0.3, 0.4) is 0 Å². The van der Waals surface area contributed by atoms with Crippen molar-refractivity contribution in [3.8, 4) is 0 Å². The van der Waals surface area contributed by atoms with Gasteiger partial charge in [0.25, 0.3) is 0 Å². The number of nitrogens with zero attached hydrogens (tertiary/aromatic N) is 1. The summed E-state index contributed by atoms with van der Waals surface area (Å²) in [5.74, 6) is 0. The van der Waals surface area contributed by atoms with E-state index < -0.39 is 0 Å². The molecule has 122 valence electrons. The van der Waals surface area contributed by atoms with Gasteiger partial charge in [-0.15, -0.1) is 0 Å². The molecule has 1 aromatic rings. The first-order chi connectivity index (χ1) is 10.8. The monoisotopic (exact) mass is 305 g/mol. The van der Waals surface area contributed by atoms with Gasteiger partial charge in [0.1, 0.15) is 0 Å². The maximum Gasteiger partial charge on any atom is 0.0952 e. The molecule has 3 atom stereocenters. The maximum atomic E-state index is 5.99. The lowest BCUT2D eigenvalue weighted by atomic mass is 10.1. The molecule has 0 spiro atoms. The second kappa shape index (κ2) is 8.06. The number of hydrogen-bond acceptors (Lipinski definition) is 4. The fraction of sp³-hybridized carbons (Fsp3) is 0.667. The van der Waals surface area contributed by atoms with E-state index in [0.29, 0.717) is 12.1 Å². The number of benzene rings is 1. The Morgan fingerprint density at radius 3 is 2.86 bits per heavy atom. The molecular weight excluding hydrogens is 278 g/mol. The molecule has 2 fully saturated rings. The summed E-state index contributed by atoms with van der Waals surface area (Å²) in [5, 5.41) is 0. The largest absolute Gasteiger partial charge is 0.377 e. The third-order valence-electron chi connectivity index (χ3n) is 4.58. The van der Waals surface area contributed by atoms with Gasteiger partial charge >= 0.3 is 0 Å². The Balaban J connectivity index is 1.43. The van der Waals surface area contributed by atoms with Crippen molar-refractivity contribution in [3.05, 3.63) is 35.9 Å². The Morgan fingerprint density at radius 2 is 2.09 bits per heavy atom. The Morgan fingerprint density at radius 1 is 1.23 bits per heavy atom. The minimum atomic E-state index is 0.176. The summed E-state index contributed by atoms with van der Waals surface area (Å²) in [6.45, 7) is 7.31. The van der Waals surface area contributed by atoms with Gasteiger partial charge in [0.2, 0.25) is 0 Å². The van der Waals surface area contributed by atoms with E-state index in [1.54, 1.807) is 0 Å². The van der Waals surface area contributed by atoms with E-state index in [9.17, 15) is 0 Å². The predicted molar refractivity (Wildman–Crippen MR) is 86.0 cm³/mol. The normalized spacial score (nSPS) is 29.8. The molecule has 0 aliphatic carbocycles. The molecule has 2 heterocycles.